The summed E-state index contributed by atoms with van der Waals surface area (Å²) >= 11 is 0. The molecule has 7 aliphatic rings. The van der Waals surface area contributed by atoms with Crippen LogP contribution in [0.4, 0.5) is 11.6 Å². The van der Waals surface area contributed by atoms with Gasteiger partial charge in [-0.3, -0.25) is 4.79 Å². The van der Waals surface area contributed by atoms with Gasteiger partial charge in [0.05, 0.1) is 21.9 Å². The van der Waals surface area contributed by atoms with E-state index in [0.29, 0.717) is 38.7 Å². The van der Waals surface area contributed by atoms with Gasteiger partial charge in [-0.15, -0.1) is 4.73 Å². The molecule has 1 N–H and O–H groups in total. The van der Waals surface area contributed by atoms with Gasteiger partial charge in [-0.25, -0.2) is 30.0 Å². The molecule has 6 aromatic rings. The van der Waals surface area contributed by atoms with Crippen LogP contribution in [0.25, 0.3) is 21.5 Å². The van der Waals surface area contributed by atoms with Crippen LogP contribution < -0.4 is 53.7 Å². The van der Waals surface area contributed by atoms with Crippen LogP contribution in [0.15, 0.2) is 78.5 Å². The van der Waals surface area contributed by atoms with Crippen LogP contribution in [0.3, 0.4) is 0 Å². The lowest BCUT2D eigenvalue weighted by atomic mass is 10.0. The number of aromatic nitrogens is 2. The van der Waals surface area contributed by atoms with E-state index < -0.39 is 29.1 Å². The van der Waals surface area contributed by atoms with E-state index in [1.807, 2.05) is 48.5 Å². The van der Waals surface area contributed by atoms with E-state index in [2.05, 4.69) is 4.98 Å². The Morgan fingerprint density at radius 2 is 0.953 bits per heavy atom. The van der Waals surface area contributed by atoms with E-state index in [-0.39, 0.29) is 85.9 Å². The van der Waals surface area contributed by atoms with E-state index in [4.69, 9.17) is 72.7 Å². The molecule has 0 amide bonds. The normalized spacial score (nSPS) is 19.6. The Morgan fingerprint density at radius 1 is 0.516 bits per heavy atom. The quantitative estimate of drug-likeness (QED) is 0.136. The maximum Gasteiger partial charge on any atom is 0.308 e. The lowest BCUT2D eigenvalue weighted by Crippen LogP contribution is -2.48. The van der Waals surface area contributed by atoms with E-state index in [1.54, 1.807) is 55.4 Å². The van der Waals surface area contributed by atoms with Gasteiger partial charge >= 0.3 is 5.97 Å². The van der Waals surface area contributed by atoms with Crippen molar-refractivity contribution in [2.45, 2.75) is 85.5 Å². The summed E-state index contributed by atoms with van der Waals surface area (Å²) in [5.41, 5.74) is 2.61. The SMILES string of the molecule is CC(=O)Oc1c2c(c3c4c1C1=NC4=Nc4[nH]c5c6c(c7c(c(c46)OC(C)(C)O3)OC(C)(C)O7)OC(C)(C)On3c(c4ccccc4c3=N1)=NC1=NC(=N5)c3ccccc31)OC(C)(C)O2. The number of esters is 1. The van der Waals surface area contributed by atoms with Crippen LogP contribution in [0.1, 0.15) is 84.6 Å². The van der Waals surface area contributed by atoms with Crippen molar-refractivity contribution in [1.29, 1.82) is 0 Å². The van der Waals surface area contributed by atoms with Gasteiger partial charge in [0.2, 0.25) is 40.4 Å². The number of H-pyrrole nitrogens is 1. The Kier molecular flexibility index (Phi) is 6.64. The first-order valence-corrected chi connectivity index (χ1v) is 20.6. The number of aromatic amines is 1. The van der Waals surface area contributed by atoms with Crippen LogP contribution >= 0.6 is 0 Å². The van der Waals surface area contributed by atoms with E-state index >= 15 is 0 Å². The summed E-state index contributed by atoms with van der Waals surface area (Å²) in [7, 11) is 0. The zero-order valence-electron chi connectivity index (χ0n) is 35.8. The number of ether oxygens (including phenoxy) is 8. The highest BCUT2D eigenvalue weighted by atomic mass is 16.8. The molecule has 0 spiro atoms. The highest BCUT2D eigenvalue weighted by Crippen LogP contribution is 2.63. The standard InChI is InChI=1S/C46H36N8O10/c1-18(55)56-27-23-24-28(32-31(27)60-44(4,5)61-32)57-43(2,3)58-29-25-26-30(34-33(29)62-45(6,7)63-34)59-46(8,9)64-54-41-21-16-12-13-17-22(21)42(54)53-40(23)51-38(24)50-39(25)49-37(26)48-35-19-14-10-11-15-20(19)36(47-35)52-41/h10-17H,1-9H3,(H,47,48,49,50,51,52,53). The molecule has 0 saturated heterocycles. The molecular formula is C46H36N8O10. The zero-order valence-corrected chi connectivity index (χ0v) is 35.8. The molecule has 18 heteroatoms. The minimum atomic E-state index is -1.53. The van der Waals surface area contributed by atoms with Crippen LogP contribution in [0.2, 0.25) is 0 Å². The number of hydrogen-bond donors (Lipinski definition) is 1. The lowest BCUT2D eigenvalue weighted by molar-refractivity contribution is -0.164. The van der Waals surface area contributed by atoms with Crippen molar-refractivity contribution < 1.29 is 47.5 Å². The average Bonchev–Trinajstić information content (AvgIpc) is 4.04. The number of nitrogens with one attached hydrogen (secondary N) is 1. The van der Waals surface area contributed by atoms with Gasteiger partial charge in [-0.05, 0) is 0 Å². The molecule has 9 bridgehead atoms. The van der Waals surface area contributed by atoms with Gasteiger partial charge in [0.15, 0.2) is 57.3 Å². The van der Waals surface area contributed by atoms with Gasteiger partial charge in [0.1, 0.15) is 11.6 Å². The molecule has 4 aromatic carbocycles. The Bertz CT molecular complexity index is 3530. The number of carbonyl (C=O) groups excluding carboxylic acids is 1. The minimum Gasteiger partial charge on any atom is -0.448 e. The summed E-state index contributed by atoms with van der Waals surface area (Å²) in [6.07, 6.45) is 0. The van der Waals surface area contributed by atoms with Crippen LogP contribution in [-0.2, 0) is 4.79 Å². The molecule has 18 nitrogen and oxygen atoms in total. The van der Waals surface area contributed by atoms with Gasteiger partial charge in [0.25, 0.3) is 5.79 Å². The van der Waals surface area contributed by atoms with E-state index in [9.17, 15) is 4.79 Å². The maximum atomic E-state index is 13.1. The largest absolute Gasteiger partial charge is 0.448 e. The van der Waals surface area contributed by atoms with Crippen molar-refractivity contribution in [2.24, 2.45) is 30.0 Å². The van der Waals surface area contributed by atoms with Gasteiger partial charge in [-0.1, -0.05) is 48.5 Å². The zero-order chi connectivity index (χ0) is 44.0. The molecule has 0 radical (unpaired) electrons. The fourth-order valence-corrected chi connectivity index (χ4v) is 9.07. The summed E-state index contributed by atoms with van der Waals surface area (Å²) in [5.74, 6) is -3.43. The van der Waals surface area contributed by atoms with Crippen molar-refractivity contribution >= 4 is 62.5 Å². The van der Waals surface area contributed by atoms with Gasteiger partial charge in [-0.2, -0.15) is 0 Å². The van der Waals surface area contributed by atoms with Crippen molar-refractivity contribution in [3.8, 4) is 46.0 Å². The third-order valence-corrected chi connectivity index (χ3v) is 11.3. The Morgan fingerprint density at radius 3 is 1.55 bits per heavy atom. The fourth-order valence-electron chi connectivity index (χ4n) is 9.07. The van der Waals surface area contributed by atoms with Crippen molar-refractivity contribution in [1.82, 2.24) is 9.71 Å². The first kappa shape index (κ1) is 36.7. The van der Waals surface area contributed by atoms with Crippen molar-refractivity contribution in [3.05, 3.63) is 81.8 Å². The third kappa shape index (κ3) is 5.03. The molecule has 320 valence electrons. The second kappa shape index (κ2) is 11.6. The highest BCUT2D eigenvalue weighted by molar-refractivity contribution is 6.28. The molecule has 0 saturated carbocycles. The van der Waals surface area contributed by atoms with Crippen LogP contribution in [0, 0.1) is 0 Å². The Labute approximate surface area is 362 Å². The first-order chi connectivity index (χ1) is 30.4. The van der Waals surface area contributed by atoms with Gasteiger partial charge < -0.3 is 47.7 Å². The topological polar surface area (TPSA) is 195 Å². The number of carbonyl (C=O) groups is 1. The Balaban J connectivity index is 1.30. The monoisotopic (exact) mass is 860 g/mol. The molecule has 64 heavy (non-hydrogen) atoms. The fraction of sp³-hybridized carbons (Fsp3) is 0.283. The number of rotatable bonds is 1. The third-order valence-electron chi connectivity index (χ3n) is 11.3. The van der Waals surface area contributed by atoms with Crippen LogP contribution in [0.5, 0.6) is 46.0 Å². The molecule has 0 unspecified atom stereocenters. The molecule has 7 aliphatic heterocycles. The highest BCUT2D eigenvalue weighted by Gasteiger charge is 2.49. The summed E-state index contributed by atoms with van der Waals surface area (Å²) in [4.78, 5) is 54.9. The molecule has 9 heterocycles. The molecular weight excluding hydrogens is 825 g/mol. The number of amidine groups is 4. The first-order valence-electron chi connectivity index (χ1n) is 20.6. The molecule has 13 rings (SSSR count). The second-order valence-electron chi connectivity index (χ2n) is 18.0. The number of nitrogens with zero attached hydrogens (tertiary/aromatic N) is 7. The Hall–Kier alpha value is -7.89. The number of hydrogen-bond acceptors (Lipinski definition) is 16. The number of aliphatic imine (C=N–C) groups is 4. The van der Waals surface area contributed by atoms with Gasteiger partial charge in [0, 0.05) is 84.2 Å². The second-order valence-corrected chi connectivity index (χ2v) is 18.0. The lowest BCUT2D eigenvalue weighted by Gasteiger charge is -2.31. The molecule has 2 aromatic heterocycles. The van der Waals surface area contributed by atoms with Crippen molar-refractivity contribution in [2.75, 3.05) is 0 Å². The summed E-state index contributed by atoms with van der Waals surface area (Å²) in [6.45, 7) is 15.3. The number of fused-ring (bicyclic) bond motifs is 14. The predicted octanol–water partition coefficient (Wildman–Crippen LogP) is 6.76. The molecule has 0 fully saturated rings. The summed E-state index contributed by atoms with van der Waals surface area (Å²) < 4.78 is 54.8. The van der Waals surface area contributed by atoms with Crippen molar-refractivity contribution in [3.63, 3.8) is 0 Å². The summed E-state index contributed by atoms with van der Waals surface area (Å²) in [6, 6.07) is 15.3. The molecule has 0 atom stereocenters. The maximum absolute atomic E-state index is 13.1. The number of benzene rings is 4. The molecule has 0 aliphatic carbocycles. The predicted molar refractivity (Wildman–Crippen MR) is 230 cm³/mol. The average molecular weight is 861 g/mol. The van der Waals surface area contributed by atoms with E-state index in [0.717, 1.165) is 11.1 Å². The van der Waals surface area contributed by atoms with E-state index in [1.165, 1.54) is 11.7 Å². The summed E-state index contributed by atoms with van der Waals surface area (Å²) in [5, 5.41) is 2.09. The smallest absolute Gasteiger partial charge is 0.308 e. The van der Waals surface area contributed by atoms with Crippen LogP contribution in [-0.4, -0.2) is 62.2 Å². The minimum absolute atomic E-state index is 0.00155.